The highest BCUT2D eigenvalue weighted by molar-refractivity contribution is 5.86. The standard InChI is InChI=1S/C8H16N2O2/c1-12-6-8(7(9)10-11)4-2-3-5-8/h11H,2-6H2,1H3,(H2,9,10). The maximum absolute atomic E-state index is 8.59. The minimum Gasteiger partial charge on any atom is -0.409 e. The molecule has 0 aromatic carbocycles. The maximum atomic E-state index is 8.59. The minimum absolute atomic E-state index is 0.191. The van der Waals surface area contributed by atoms with Gasteiger partial charge in [-0.3, -0.25) is 0 Å². The van der Waals surface area contributed by atoms with Gasteiger partial charge in [0.25, 0.3) is 0 Å². The van der Waals surface area contributed by atoms with Crippen molar-refractivity contribution in [2.24, 2.45) is 16.3 Å². The van der Waals surface area contributed by atoms with Crippen LogP contribution in [0.4, 0.5) is 0 Å². The molecule has 4 nitrogen and oxygen atoms in total. The second-order valence-electron chi connectivity index (χ2n) is 3.41. The van der Waals surface area contributed by atoms with Gasteiger partial charge < -0.3 is 15.7 Å². The summed E-state index contributed by atoms with van der Waals surface area (Å²) in [6, 6.07) is 0. The van der Waals surface area contributed by atoms with Crippen molar-refractivity contribution in [2.75, 3.05) is 13.7 Å². The van der Waals surface area contributed by atoms with E-state index in [0.29, 0.717) is 12.4 Å². The Morgan fingerprint density at radius 1 is 1.58 bits per heavy atom. The van der Waals surface area contributed by atoms with Gasteiger partial charge >= 0.3 is 0 Å². The molecule has 0 saturated heterocycles. The Morgan fingerprint density at radius 2 is 2.17 bits per heavy atom. The molecule has 1 aliphatic carbocycles. The number of oxime groups is 1. The average Bonchev–Trinajstić information content (AvgIpc) is 2.53. The summed E-state index contributed by atoms with van der Waals surface area (Å²) in [6.07, 6.45) is 4.21. The predicted molar refractivity (Wildman–Crippen MR) is 46.2 cm³/mol. The van der Waals surface area contributed by atoms with E-state index in [0.717, 1.165) is 25.7 Å². The maximum Gasteiger partial charge on any atom is 0.147 e. The molecule has 0 amide bonds. The lowest BCUT2D eigenvalue weighted by Gasteiger charge is -2.25. The van der Waals surface area contributed by atoms with Crippen molar-refractivity contribution in [3.63, 3.8) is 0 Å². The summed E-state index contributed by atoms with van der Waals surface area (Å²) in [5.74, 6) is 0.321. The first-order valence-electron chi connectivity index (χ1n) is 4.22. The van der Waals surface area contributed by atoms with E-state index < -0.39 is 0 Å². The molecular formula is C8H16N2O2. The molecule has 0 bridgehead atoms. The second-order valence-corrected chi connectivity index (χ2v) is 3.41. The van der Waals surface area contributed by atoms with Gasteiger partial charge in [-0.2, -0.15) is 0 Å². The van der Waals surface area contributed by atoms with E-state index in [-0.39, 0.29) is 5.41 Å². The monoisotopic (exact) mass is 172 g/mol. The van der Waals surface area contributed by atoms with Crippen LogP contribution in [0.3, 0.4) is 0 Å². The Morgan fingerprint density at radius 3 is 2.58 bits per heavy atom. The number of ether oxygens (including phenoxy) is 1. The largest absolute Gasteiger partial charge is 0.409 e. The first-order chi connectivity index (χ1) is 5.75. The molecule has 0 aliphatic heterocycles. The summed E-state index contributed by atoms with van der Waals surface area (Å²) in [6.45, 7) is 0.558. The second kappa shape index (κ2) is 3.76. The third-order valence-corrected chi connectivity index (χ3v) is 2.63. The SMILES string of the molecule is COCC1(/C(N)=N\O)CCCC1. The molecule has 1 rings (SSSR count). The van der Waals surface area contributed by atoms with Crippen LogP contribution in [0.15, 0.2) is 5.16 Å². The molecule has 70 valence electrons. The van der Waals surface area contributed by atoms with E-state index in [9.17, 15) is 0 Å². The van der Waals surface area contributed by atoms with Crippen LogP contribution >= 0.6 is 0 Å². The van der Waals surface area contributed by atoms with Gasteiger partial charge in [0.05, 0.1) is 12.0 Å². The lowest BCUT2D eigenvalue weighted by Crippen LogP contribution is -2.38. The Hall–Kier alpha value is -0.770. The van der Waals surface area contributed by atoms with Crippen molar-refractivity contribution < 1.29 is 9.94 Å². The summed E-state index contributed by atoms with van der Waals surface area (Å²) in [5, 5.41) is 11.7. The molecule has 1 aliphatic rings. The fraction of sp³-hybridized carbons (Fsp3) is 0.875. The molecule has 0 heterocycles. The molecule has 0 aromatic rings. The van der Waals surface area contributed by atoms with Crippen molar-refractivity contribution in [1.82, 2.24) is 0 Å². The van der Waals surface area contributed by atoms with Crippen molar-refractivity contribution in [1.29, 1.82) is 0 Å². The quantitative estimate of drug-likeness (QED) is 0.288. The van der Waals surface area contributed by atoms with Gasteiger partial charge in [-0.05, 0) is 12.8 Å². The lowest BCUT2D eigenvalue weighted by atomic mass is 9.86. The van der Waals surface area contributed by atoms with Gasteiger partial charge in [0.1, 0.15) is 5.84 Å². The highest BCUT2D eigenvalue weighted by Crippen LogP contribution is 2.38. The summed E-state index contributed by atoms with van der Waals surface area (Å²) >= 11 is 0. The molecule has 4 heteroatoms. The molecule has 12 heavy (non-hydrogen) atoms. The highest BCUT2D eigenvalue weighted by atomic mass is 16.5. The number of amidine groups is 1. The van der Waals surface area contributed by atoms with E-state index in [4.69, 9.17) is 15.7 Å². The van der Waals surface area contributed by atoms with Crippen LogP contribution in [0.5, 0.6) is 0 Å². The van der Waals surface area contributed by atoms with Gasteiger partial charge in [0.15, 0.2) is 0 Å². The number of nitrogens with zero attached hydrogens (tertiary/aromatic N) is 1. The fourth-order valence-corrected chi connectivity index (χ4v) is 1.91. The van der Waals surface area contributed by atoms with E-state index in [1.165, 1.54) is 0 Å². The molecule has 0 radical (unpaired) electrons. The summed E-state index contributed by atoms with van der Waals surface area (Å²) in [7, 11) is 1.64. The third kappa shape index (κ3) is 1.53. The Balaban J connectivity index is 2.71. The average molecular weight is 172 g/mol. The van der Waals surface area contributed by atoms with Crippen molar-refractivity contribution in [3.8, 4) is 0 Å². The van der Waals surface area contributed by atoms with Crippen LogP contribution in [-0.4, -0.2) is 24.8 Å². The number of methoxy groups -OCH3 is 1. The zero-order valence-corrected chi connectivity index (χ0v) is 7.42. The molecule has 0 unspecified atom stereocenters. The Labute approximate surface area is 72.4 Å². The van der Waals surface area contributed by atoms with Gasteiger partial charge in [-0.25, -0.2) is 0 Å². The molecule has 1 fully saturated rings. The zero-order valence-electron chi connectivity index (χ0n) is 7.42. The van der Waals surface area contributed by atoms with Crippen LogP contribution in [0.2, 0.25) is 0 Å². The van der Waals surface area contributed by atoms with Gasteiger partial charge in [-0.15, -0.1) is 0 Å². The smallest absolute Gasteiger partial charge is 0.147 e. The number of hydrogen-bond acceptors (Lipinski definition) is 3. The number of hydrogen-bond donors (Lipinski definition) is 2. The molecular weight excluding hydrogens is 156 g/mol. The van der Waals surface area contributed by atoms with Crippen molar-refractivity contribution >= 4 is 5.84 Å². The number of nitrogens with two attached hydrogens (primary N) is 1. The molecule has 0 spiro atoms. The Bertz CT molecular complexity index is 174. The van der Waals surface area contributed by atoms with Crippen molar-refractivity contribution in [2.45, 2.75) is 25.7 Å². The zero-order chi connectivity index (χ0) is 9.03. The summed E-state index contributed by atoms with van der Waals surface area (Å²) < 4.78 is 5.08. The lowest BCUT2D eigenvalue weighted by molar-refractivity contribution is 0.123. The third-order valence-electron chi connectivity index (χ3n) is 2.63. The van der Waals surface area contributed by atoms with E-state index in [1.807, 2.05) is 0 Å². The number of rotatable bonds is 3. The van der Waals surface area contributed by atoms with Crippen LogP contribution < -0.4 is 5.73 Å². The van der Waals surface area contributed by atoms with Gasteiger partial charge in [0, 0.05) is 7.11 Å². The minimum atomic E-state index is -0.191. The highest BCUT2D eigenvalue weighted by Gasteiger charge is 2.38. The molecule has 0 atom stereocenters. The normalized spacial score (nSPS) is 22.9. The van der Waals surface area contributed by atoms with Gasteiger partial charge in [0.2, 0.25) is 0 Å². The van der Waals surface area contributed by atoms with Crippen molar-refractivity contribution in [3.05, 3.63) is 0 Å². The molecule has 0 aromatic heterocycles. The molecule has 1 saturated carbocycles. The fourth-order valence-electron chi connectivity index (χ4n) is 1.91. The predicted octanol–water partition coefficient (Wildman–Crippen LogP) is 0.940. The molecule has 3 N–H and O–H groups in total. The van der Waals surface area contributed by atoms with E-state index >= 15 is 0 Å². The van der Waals surface area contributed by atoms with Crippen LogP contribution in [0.1, 0.15) is 25.7 Å². The summed E-state index contributed by atoms with van der Waals surface area (Å²) in [4.78, 5) is 0. The first-order valence-corrected chi connectivity index (χ1v) is 4.22. The van der Waals surface area contributed by atoms with Crippen LogP contribution in [0.25, 0.3) is 0 Å². The van der Waals surface area contributed by atoms with E-state index in [1.54, 1.807) is 7.11 Å². The first kappa shape index (κ1) is 9.32. The van der Waals surface area contributed by atoms with Crippen LogP contribution in [-0.2, 0) is 4.74 Å². The van der Waals surface area contributed by atoms with Crippen LogP contribution in [0, 0.1) is 5.41 Å². The Kier molecular flexibility index (Phi) is 2.92. The summed E-state index contributed by atoms with van der Waals surface area (Å²) in [5.41, 5.74) is 5.43. The van der Waals surface area contributed by atoms with E-state index in [2.05, 4.69) is 5.16 Å². The topological polar surface area (TPSA) is 67.8 Å². The van der Waals surface area contributed by atoms with Gasteiger partial charge in [-0.1, -0.05) is 18.0 Å².